The van der Waals surface area contributed by atoms with Gasteiger partial charge in [-0.05, 0) is 48.7 Å². The average molecular weight is 580 g/mol. The molecule has 2 aliphatic rings. The van der Waals surface area contributed by atoms with Crippen LogP contribution in [0.3, 0.4) is 0 Å². The predicted molar refractivity (Wildman–Crippen MR) is 150 cm³/mol. The molecule has 0 aliphatic carbocycles. The second kappa shape index (κ2) is 12.9. The third kappa shape index (κ3) is 7.17. The number of fused-ring (bicyclic) bond motifs is 5. The van der Waals surface area contributed by atoms with Crippen LogP contribution in [0.25, 0.3) is 0 Å². The highest BCUT2D eigenvalue weighted by Crippen LogP contribution is 2.29. The van der Waals surface area contributed by atoms with Crippen molar-refractivity contribution in [1.82, 2.24) is 25.1 Å². The van der Waals surface area contributed by atoms with Crippen molar-refractivity contribution in [2.75, 3.05) is 26.8 Å². The number of nitrogens with one attached hydrogen (secondary N) is 2. The Bertz CT molecular complexity index is 1460. The molecule has 0 saturated carbocycles. The van der Waals surface area contributed by atoms with Gasteiger partial charge in [0.25, 0.3) is 5.91 Å². The number of amides is 3. The average Bonchev–Trinajstić information content (AvgIpc) is 3.37. The van der Waals surface area contributed by atoms with Crippen LogP contribution in [0, 0.1) is 12.7 Å². The topological polar surface area (TPSA) is 124 Å². The summed E-state index contributed by atoms with van der Waals surface area (Å²) in [5, 5.41) is 5.79. The third-order valence-electron chi connectivity index (χ3n) is 7.41. The van der Waals surface area contributed by atoms with Gasteiger partial charge in [0.2, 0.25) is 11.8 Å². The van der Waals surface area contributed by atoms with Crippen molar-refractivity contribution in [3.8, 4) is 17.2 Å². The van der Waals surface area contributed by atoms with E-state index < -0.39 is 23.9 Å². The number of rotatable bonds is 3. The number of aryl methyl sites for hydroxylation is 2. The summed E-state index contributed by atoms with van der Waals surface area (Å²) in [5.41, 5.74) is 1.38. The van der Waals surface area contributed by atoms with E-state index in [1.54, 1.807) is 40.1 Å². The van der Waals surface area contributed by atoms with Gasteiger partial charge in [-0.15, -0.1) is 0 Å². The number of piperidine rings is 1. The molecule has 0 unspecified atom stereocenters. The first-order valence-electron chi connectivity index (χ1n) is 13.8. The summed E-state index contributed by atoms with van der Waals surface area (Å²) < 4.78 is 33.7. The maximum atomic E-state index is 14.5. The molecule has 3 heterocycles. The molecule has 11 nitrogen and oxygen atoms in total. The third-order valence-corrected chi connectivity index (χ3v) is 7.41. The van der Waals surface area contributed by atoms with Crippen molar-refractivity contribution < 1.29 is 33.0 Å². The Morgan fingerprint density at radius 2 is 2.00 bits per heavy atom. The molecule has 2 aromatic carbocycles. The maximum Gasteiger partial charge on any atom is 0.258 e. The number of halogens is 1. The number of carbonyl (C=O) groups is 3. The normalized spacial score (nSPS) is 19.6. The minimum absolute atomic E-state index is 0.121. The first kappa shape index (κ1) is 28.9. The van der Waals surface area contributed by atoms with Crippen molar-refractivity contribution in [2.24, 2.45) is 0 Å². The molecule has 3 aromatic rings. The van der Waals surface area contributed by atoms with E-state index in [0.717, 1.165) is 11.4 Å². The lowest BCUT2D eigenvalue weighted by molar-refractivity contribution is -0.136. The number of hydrogen-bond acceptors (Lipinski definition) is 7. The summed E-state index contributed by atoms with van der Waals surface area (Å²) in [7, 11) is 1.51. The molecule has 2 N–H and O–H groups in total. The van der Waals surface area contributed by atoms with Crippen LogP contribution in [-0.4, -0.2) is 71.1 Å². The summed E-state index contributed by atoms with van der Waals surface area (Å²) in [6.07, 6.45) is 3.88. The molecule has 222 valence electrons. The van der Waals surface area contributed by atoms with Gasteiger partial charge in [-0.1, -0.05) is 6.07 Å². The zero-order valence-electron chi connectivity index (χ0n) is 23.6. The van der Waals surface area contributed by atoms with Gasteiger partial charge in [0.1, 0.15) is 30.0 Å². The lowest BCUT2D eigenvalue weighted by atomic mass is 10.0. The van der Waals surface area contributed by atoms with E-state index in [2.05, 4.69) is 15.6 Å². The molecule has 1 saturated heterocycles. The van der Waals surface area contributed by atoms with Crippen LogP contribution in [0.4, 0.5) is 4.39 Å². The highest BCUT2D eigenvalue weighted by molar-refractivity contribution is 5.79. The number of imidazole rings is 1. The molecule has 12 heteroatoms. The number of likely N-dealkylation sites (tertiary alicyclic amines) is 1. The second-order valence-corrected chi connectivity index (χ2v) is 10.4. The van der Waals surface area contributed by atoms with Crippen LogP contribution in [0.5, 0.6) is 17.2 Å². The van der Waals surface area contributed by atoms with Gasteiger partial charge in [0, 0.05) is 50.9 Å². The zero-order chi connectivity index (χ0) is 29.6. The van der Waals surface area contributed by atoms with Gasteiger partial charge in [-0.2, -0.15) is 0 Å². The SMILES string of the molecule is COc1ccc2cc1OCC(=O)N[C@@H]1CN(C(=O)Cn3ccnc3C)CC[C@H]1Oc1cc(F)cc(c1)CNC(=O)CC2. The summed E-state index contributed by atoms with van der Waals surface area (Å²) in [6, 6.07) is 8.98. The summed E-state index contributed by atoms with van der Waals surface area (Å²) >= 11 is 0. The molecule has 4 bridgehead atoms. The summed E-state index contributed by atoms with van der Waals surface area (Å²) in [6.45, 7) is 2.35. The lowest BCUT2D eigenvalue weighted by Crippen LogP contribution is -2.59. The van der Waals surface area contributed by atoms with E-state index in [1.807, 2.05) is 13.0 Å². The Kier molecular flexibility index (Phi) is 8.89. The van der Waals surface area contributed by atoms with Crippen LogP contribution in [-0.2, 0) is 33.9 Å². The van der Waals surface area contributed by atoms with Crippen molar-refractivity contribution >= 4 is 17.7 Å². The minimum Gasteiger partial charge on any atom is -0.493 e. The highest BCUT2D eigenvalue weighted by atomic mass is 19.1. The van der Waals surface area contributed by atoms with Crippen molar-refractivity contribution in [2.45, 2.75) is 51.4 Å². The van der Waals surface area contributed by atoms with Gasteiger partial charge in [0.05, 0.1) is 13.2 Å². The monoisotopic (exact) mass is 579 g/mol. The van der Waals surface area contributed by atoms with E-state index >= 15 is 0 Å². The van der Waals surface area contributed by atoms with Crippen molar-refractivity contribution in [1.29, 1.82) is 0 Å². The number of benzene rings is 2. The van der Waals surface area contributed by atoms with Gasteiger partial charge in [-0.3, -0.25) is 14.4 Å². The quantitative estimate of drug-likeness (QED) is 0.487. The van der Waals surface area contributed by atoms with E-state index in [1.165, 1.54) is 19.2 Å². The Morgan fingerprint density at radius 1 is 1.14 bits per heavy atom. The van der Waals surface area contributed by atoms with Gasteiger partial charge in [-0.25, -0.2) is 9.37 Å². The largest absolute Gasteiger partial charge is 0.493 e. The standard InChI is InChI=1S/C30H34FN5O6/c1-19-32-8-10-35(19)17-30(39)36-9-7-25-24(16-36)34-29(38)18-41-27-13-20(3-5-26(27)40-2)4-6-28(37)33-15-21-11-22(31)14-23(12-21)42-25/h3,5,8,10-14,24-25H,4,6-7,9,15-18H2,1-2H3,(H,33,37)(H,34,38)/t24-,25-/m1/s1. The molecule has 42 heavy (non-hydrogen) atoms. The first-order chi connectivity index (χ1) is 20.3. The molecule has 5 rings (SSSR count). The number of aromatic nitrogens is 2. The summed E-state index contributed by atoms with van der Waals surface area (Å²) in [4.78, 5) is 44.6. The molecular weight excluding hydrogens is 545 g/mol. The van der Waals surface area contributed by atoms with Crippen LogP contribution in [0.1, 0.15) is 29.8 Å². The fourth-order valence-corrected chi connectivity index (χ4v) is 5.15. The van der Waals surface area contributed by atoms with Crippen LogP contribution in [0.2, 0.25) is 0 Å². The molecule has 2 atom stereocenters. The molecule has 0 radical (unpaired) electrons. The maximum absolute atomic E-state index is 14.5. The molecule has 1 fully saturated rings. The number of hydrogen-bond donors (Lipinski definition) is 2. The molecule has 2 aliphatic heterocycles. The molecule has 0 spiro atoms. The highest BCUT2D eigenvalue weighted by Gasteiger charge is 2.34. The smallest absolute Gasteiger partial charge is 0.258 e. The molecular formula is C30H34FN5O6. The molecule has 3 amide bonds. The lowest BCUT2D eigenvalue weighted by Gasteiger charge is -2.39. The van der Waals surface area contributed by atoms with Crippen LogP contribution >= 0.6 is 0 Å². The van der Waals surface area contributed by atoms with Crippen molar-refractivity contribution in [3.63, 3.8) is 0 Å². The van der Waals surface area contributed by atoms with Crippen molar-refractivity contribution in [3.05, 3.63) is 71.6 Å². The van der Waals surface area contributed by atoms with Crippen LogP contribution < -0.4 is 24.8 Å². The second-order valence-electron chi connectivity index (χ2n) is 10.4. The van der Waals surface area contributed by atoms with Gasteiger partial charge >= 0.3 is 0 Å². The fraction of sp³-hybridized carbons (Fsp3) is 0.400. The van der Waals surface area contributed by atoms with E-state index in [-0.39, 0.29) is 50.2 Å². The Hall–Kier alpha value is -4.61. The Balaban J connectivity index is 1.39. The van der Waals surface area contributed by atoms with E-state index in [4.69, 9.17) is 14.2 Å². The minimum atomic E-state index is -0.596. The molecule has 1 aromatic heterocycles. The van der Waals surface area contributed by atoms with E-state index in [0.29, 0.717) is 36.4 Å². The van der Waals surface area contributed by atoms with Gasteiger partial charge < -0.3 is 34.3 Å². The predicted octanol–water partition coefficient (Wildman–Crippen LogP) is 2.15. The first-order valence-corrected chi connectivity index (χ1v) is 13.8. The number of ether oxygens (including phenoxy) is 3. The van der Waals surface area contributed by atoms with E-state index in [9.17, 15) is 18.8 Å². The Labute approximate surface area is 242 Å². The summed E-state index contributed by atoms with van der Waals surface area (Å²) in [5.74, 6) is 0.594. The zero-order valence-corrected chi connectivity index (χ0v) is 23.6. The number of carbonyl (C=O) groups excluding carboxylic acids is 3. The number of nitrogens with zero attached hydrogens (tertiary/aromatic N) is 3. The Morgan fingerprint density at radius 3 is 2.79 bits per heavy atom. The van der Waals surface area contributed by atoms with Gasteiger partial charge in [0.15, 0.2) is 18.1 Å². The number of methoxy groups -OCH3 is 1. The van der Waals surface area contributed by atoms with Crippen LogP contribution in [0.15, 0.2) is 48.8 Å². The fourth-order valence-electron chi connectivity index (χ4n) is 5.15.